The smallest absolute Gasteiger partial charge is 0.124 e. The molecule has 1 aliphatic heterocycles. The van der Waals surface area contributed by atoms with Crippen LogP contribution in [0.3, 0.4) is 0 Å². The fourth-order valence-corrected chi connectivity index (χ4v) is 3.60. The van der Waals surface area contributed by atoms with Gasteiger partial charge in [-0.2, -0.15) is 0 Å². The molecule has 1 aliphatic rings. The van der Waals surface area contributed by atoms with Crippen LogP contribution >= 0.6 is 11.6 Å². The third-order valence-electron chi connectivity index (χ3n) is 4.37. The van der Waals surface area contributed by atoms with Crippen LogP contribution in [0.2, 0.25) is 5.02 Å². The minimum absolute atomic E-state index is 0.0484. The monoisotopic (exact) mass is 316 g/mol. The highest BCUT2D eigenvalue weighted by Gasteiger charge is 2.32. The van der Waals surface area contributed by atoms with Gasteiger partial charge < -0.3 is 15.4 Å². The van der Waals surface area contributed by atoms with E-state index >= 15 is 0 Å². The number of para-hydroxylation sites is 1. The van der Waals surface area contributed by atoms with Crippen molar-refractivity contribution in [1.29, 1.82) is 0 Å². The van der Waals surface area contributed by atoms with Gasteiger partial charge in [0, 0.05) is 28.9 Å². The molecule has 3 rings (SSSR count). The third kappa shape index (κ3) is 2.55. The maximum Gasteiger partial charge on any atom is 0.124 e. The van der Waals surface area contributed by atoms with Gasteiger partial charge in [-0.15, -0.1) is 0 Å². The number of anilines is 1. The highest BCUT2D eigenvalue weighted by Crippen LogP contribution is 2.41. The highest BCUT2D eigenvalue weighted by atomic mass is 35.5. The number of halogens is 1. The Kier molecular flexibility index (Phi) is 4.27. The molecular weight excluding hydrogens is 296 g/mol. The van der Waals surface area contributed by atoms with Gasteiger partial charge >= 0.3 is 0 Å². The average molecular weight is 317 g/mol. The maximum atomic E-state index is 6.20. The standard InChI is InChI=1S/C18H21ClN2O/c1-12-9-13-5-3-4-6-16(13)21(12)17(11-20)15-10-14(19)7-8-18(15)22-2/h3-8,10,12,17H,9,11,20H2,1-2H3. The molecule has 0 aliphatic carbocycles. The molecule has 0 fully saturated rings. The molecule has 0 radical (unpaired) electrons. The van der Waals surface area contributed by atoms with E-state index < -0.39 is 0 Å². The Bertz CT molecular complexity index is 674. The van der Waals surface area contributed by atoms with Crippen LogP contribution in [0.25, 0.3) is 0 Å². The van der Waals surface area contributed by atoms with Crippen molar-refractivity contribution in [3.05, 3.63) is 58.6 Å². The minimum atomic E-state index is 0.0484. The summed E-state index contributed by atoms with van der Waals surface area (Å²) in [5, 5.41) is 0.703. The lowest BCUT2D eigenvalue weighted by Gasteiger charge is -2.34. The summed E-state index contributed by atoms with van der Waals surface area (Å²) < 4.78 is 5.53. The topological polar surface area (TPSA) is 38.5 Å². The first-order chi connectivity index (χ1) is 10.7. The molecule has 1 heterocycles. The van der Waals surface area contributed by atoms with Crippen molar-refractivity contribution >= 4 is 17.3 Å². The number of hydrogen-bond donors (Lipinski definition) is 1. The fourth-order valence-electron chi connectivity index (χ4n) is 3.42. The first kappa shape index (κ1) is 15.2. The van der Waals surface area contributed by atoms with Crippen molar-refractivity contribution < 1.29 is 4.74 Å². The predicted molar refractivity (Wildman–Crippen MR) is 91.9 cm³/mol. The molecule has 0 aromatic heterocycles. The summed E-state index contributed by atoms with van der Waals surface area (Å²) in [5.41, 5.74) is 9.81. The van der Waals surface area contributed by atoms with Gasteiger partial charge in [-0.05, 0) is 43.2 Å². The van der Waals surface area contributed by atoms with Crippen molar-refractivity contribution in [2.24, 2.45) is 5.73 Å². The lowest BCUT2D eigenvalue weighted by molar-refractivity contribution is 0.403. The van der Waals surface area contributed by atoms with Crippen LogP contribution in [-0.2, 0) is 6.42 Å². The van der Waals surface area contributed by atoms with Crippen LogP contribution in [0.15, 0.2) is 42.5 Å². The molecular formula is C18H21ClN2O. The summed E-state index contributed by atoms with van der Waals surface area (Å²) in [6, 6.07) is 14.7. The lowest BCUT2D eigenvalue weighted by atomic mass is 10.0. The number of ether oxygens (including phenoxy) is 1. The van der Waals surface area contributed by atoms with E-state index in [4.69, 9.17) is 22.1 Å². The van der Waals surface area contributed by atoms with Gasteiger partial charge in [0.1, 0.15) is 5.75 Å². The van der Waals surface area contributed by atoms with Gasteiger partial charge in [0.25, 0.3) is 0 Å². The summed E-state index contributed by atoms with van der Waals surface area (Å²) >= 11 is 6.20. The predicted octanol–water partition coefficient (Wildman–Crippen LogP) is 3.80. The van der Waals surface area contributed by atoms with Crippen LogP contribution in [0, 0.1) is 0 Å². The maximum absolute atomic E-state index is 6.20. The number of hydrogen-bond acceptors (Lipinski definition) is 3. The minimum Gasteiger partial charge on any atom is -0.496 e. The Balaban J connectivity index is 2.07. The molecule has 0 saturated carbocycles. The molecule has 0 amide bonds. The number of benzene rings is 2. The van der Waals surface area contributed by atoms with Gasteiger partial charge in [0.05, 0.1) is 13.2 Å². The zero-order chi connectivity index (χ0) is 15.7. The number of fused-ring (bicyclic) bond motifs is 1. The Morgan fingerprint density at radius 2 is 2.09 bits per heavy atom. The largest absolute Gasteiger partial charge is 0.496 e. The fraction of sp³-hybridized carbons (Fsp3) is 0.333. The molecule has 2 N–H and O–H groups in total. The zero-order valence-corrected chi connectivity index (χ0v) is 13.7. The lowest BCUT2D eigenvalue weighted by Crippen LogP contribution is -2.38. The Labute approximate surface area is 136 Å². The number of nitrogens with zero attached hydrogens (tertiary/aromatic N) is 1. The second kappa shape index (κ2) is 6.19. The van der Waals surface area contributed by atoms with Crippen LogP contribution < -0.4 is 15.4 Å². The molecule has 3 nitrogen and oxygen atoms in total. The summed E-state index contributed by atoms with van der Waals surface area (Å²) in [6.45, 7) is 2.75. The molecule has 2 unspecified atom stereocenters. The van der Waals surface area contributed by atoms with Crippen LogP contribution in [0.5, 0.6) is 5.75 Å². The van der Waals surface area contributed by atoms with Crippen molar-refractivity contribution in [2.45, 2.75) is 25.4 Å². The van der Waals surface area contributed by atoms with Crippen molar-refractivity contribution in [3.8, 4) is 5.75 Å². The van der Waals surface area contributed by atoms with E-state index in [9.17, 15) is 0 Å². The normalized spacial score (nSPS) is 18.2. The van der Waals surface area contributed by atoms with Gasteiger partial charge in [0.2, 0.25) is 0 Å². The SMILES string of the molecule is COc1ccc(Cl)cc1C(CN)N1c2ccccc2CC1C. The first-order valence-corrected chi connectivity index (χ1v) is 7.93. The number of nitrogens with two attached hydrogens (primary N) is 1. The zero-order valence-electron chi connectivity index (χ0n) is 12.9. The summed E-state index contributed by atoms with van der Waals surface area (Å²) in [5.74, 6) is 0.830. The Hall–Kier alpha value is -1.71. The Morgan fingerprint density at radius 3 is 2.82 bits per heavy atom. The first-order valence-electron chi connectivity index (χ1n) is 7.55. The van der Waals surface area contributed by atoms with Crippen molar-refractivity contribution in [1.82, 2.24) is 0 Å². The van der Waals surface area contributed by atoms with E-state index in [1.807, 2.05) is 18.2 Å². The number of rotatable bonds is 4. The Morgan fingerprint density at radius 1 is 1.32 bits per heavy atom. The molecule has 2 aromatic rings. The van der Waals surface area contributed by atoms with Crippen molar-refractivity contribution in [3.63, 3.8) is 0 Å². The quantitative estimate of drug-likeness (QED) is 0.932. The van der Waals surface area contributed by atoms with Gasteiger partial charge in [-0.3, -0.25) is 0 Å². The van der Waals surface area contributed by atoms with E-state index in [1.165, 1.54) is 11.3 Å². The van der Waals surface area contributed by atoms with Crippen LogP contribution in [0.1, 0.15) is 24.1 Å². The average Bonchev–Trinajstić information content (AvgIpc) is 2.85. The molecule has 0 spiro atoms. The van der Waals surface area contributed by atoms with Crippen LogP contribution in [0.4, 0.5) is 5.69 Å². The summed E-state index contributed by atoms with van der Waals surface area (Å²) in [4.78, 5) is 2.39. The molecule has 0 saturated heterocycles. The second-order valence-corrected chi connectivity index (χ2v) is 6.16. The summed E-state index contributed by atoms with van der Waals surface area (Å²) in [7, 11) is 1.68. The molecule has 4 heteroatoms. The van der Waals surface area contributed by atoms with Gasteiger partial charge in [-0.25, -0.2) is 0 Å². The van der Waals surface area contributed by atoms with Gasteiger partial charge in [-0.1, -0.05) is 29.8 Å². The van der Waals surface area contributed by atoms with E-state index in [0.29, 0.717) is 17.6 Å². The van der Waals surface area contributed by atoms with E-state index in [0.717, 1.165) is 17.7 Å². The van der Waals surface area contributed by atoms with E-state index in [2.05, 4.69) is 36.1 Å². The molecule has 2 atom stereocenters. The molecule has 116 valence electrons. The number of methoxy groups -OCH3 is 1. The summed E-state index contributed by atoms with van der Waals surface area (Å²) in [6.07, 6.45) is 1.04. The van der Waals surface area contributed by atoms with Gasteiger partial charge in [0.15, 0.2) is 0 Å². The highest BCUT2D eigenvalue weighted by molar-refractivity contribution is 6.30. The van der Waals surface area contributed by atoms with Crippen LogP contribution in [-0.4, -0.2) is 19.7 Å². The van der Waals surface area contributed by atoms with E-state index in [-0.39, 0.29) is 6.04 Å². The van der Waals surface area contributed by atoms with E-state index in [1.54, 1.807) is 7.11 Å². The molecule has 0 bridgehead atoms. The molecule has 22 heavy (non-hydrogen) atoms. The van der Waals surface area contributed by atoms with Crippen molar-refractivity contribution in [2.75, 3.05) is 18.6 Å². The third-order valence-corrected chi connectivity index (χ3v) is 4.60. The molecule has 2 aromatic carbocycles. The second-order valence-electron chi connectivity index (χ2n) is 5.73.